The molecule has 1 saturated heterocycles. The third-order valence-electron chi connectivity index (χ3n) is 3.30. The fraction of sp³-hybridized carbons (Fsp3) is 0.643. The summed E-state index contributed by atoms with van der Waals surface area (Å²) in [5, 5.41) is 3.48. The Labute approximate surface area is 109 Å². The summed E-state index contributed by atoms with van der Waals surface area (Å²) < 4.78 is 10.9. The highest BCUT2D eigenvalue weighted by atomic mass is 16.5. The summed E-state index contributed by atoms with van der Waals surface area (Å²) in [7, 11) is 1.63. The average Bonchev–Trinajstić information content (AvgIpc) is 2.85. The Hall–Kier alpha value is -1.13. The lowest BCUT2D eigenvalue weighted by atomic mass is 9.96. The van der Waals surface area contributed by atoms with Crippen LogP contribution < -0.4 is 10.1 Å². The van der Waals surface area contributed by atoms with E-state index >= 15 is 0 Å². The number of hydrogen-bond donors (Lipinski definition) is 1. The van der Waals surface area contributed by atoms with Crippen molar-refractivity contribution in [3.05, 3.63) is 23.9 Å². The molecule has 1 N–H and O–H groups in total. The van der Waals surface area contributed by atoms with Crippen LogP contribution in [0, 0.1) is 5.92 Å². The van der Waals surface area contributed by atoms with E-state index in [9.17, 15) is 0 Å². The van der Waals surface area contributed by atoms with Crippen molar-refractivity contribution < 1.29 is 9.47 Å². The third-order valence-corrected chi connectivity index (χ3v) is 3.30. The molecule has 2 heterocycles. The molecule has 18 heavy (non-hydrogen) atoms. The Balaban J connectivity index is 2.01. The molecule has 2 rings (SSSR count). The van der Waals surface area contributed by atoms with Crippen molar-refractivity contribution in [3.63, 3.8) is 0 Å². The molecule has 0 aromatic carbocycles. The van der Waals surface area contributed by atoms with Gasteiger partial charge in [0.05, 0.1) is 13.2 Å². The fourth-order valence-electron chi connectivity index (χ4n) is 2.28. The lowest BCUT2D eigenvalue weighted by Gasteiger charge is -2.20. The molecule has 4 nitrogen and oxygen atoms in total. The van der Waals surface area contributed by atoms with Gasteiger partial charge < -0.3 is 14.8 Å². The van der Waals surface area contributed by atoms with Gasteiger partial charge in [0.1, 0.15) is 0 Å². The first kappa shape index (κ1) is 13.3. The largest absolute Gasteiger partial charge is 0.481 e. The predicted octanol–water partition coefficient (Wildman–Crippen LogP) is 2.17. The zero-order valence-corrected chi connectivity index (χ0v) is 11.3. The van der Waals surface area contributed by atoms with E-state index in [1.807, 2.05) is 18.3 Å². The Bertz CT molecular complexity index is 365. The zero-order chi connectivity index (χ0) is 13.0. The van der Waals surface area contributed by atoms with E-state index in [2.05, 4.69) is 24.1 Å². The molecule has 2 unspecified atom stereocenters. The molecule has 4 heteroatoms. The summed E-state index contributed by atoms with van der Waals surface area (Å²) in [5.74, 6) is 1.18. The van der Waals surface area contributed by atoms with Gasteiger partial charge in [-0.2, -0.15) is 0 Å². The molecular weight excluding hydrogens is 228 g/mol. The molecular formula is C14H22N2O2. The van der Waals surface area contributed by atoms with Gasteiger partial charge in [-0.05, 0) is 18.1 Å². The molecule has 1 aromatic rings. The first-order valence-electron chi connectivity index (χ1n) is 6.55. The van der Waals surface area contributed by atoms with Gasteiger partial charge in [-0.1, -0.05) is 13.8 Å². The number of hydrogen-bond acceptors (Lipinski definition) is 4. The van der Waals surface area contributed by atoms with Crippen LogP contribution in [0.15, 0.2) is 18.3 Å². The van der Waals surface area contributed by atoms with Crippen LogP contribution in [0.25, 0.3) is 0 Å². The summed E-state index contributed by atoms with van der Waals surface area (Å²) in [4.78, 5) is 4.25. The van der Waals surface area contributed by atoms with Crippen molar-refractivity contribution in [1.29, 1.82) is 0 Å². The lowest BCUT2D eigenvalue weighted by Crippen LogP contribution is -2.30. The normalized spacial score (nSPS) is 23.6. The van der Waals surface area contributed by atoms with Crippen LogP contribution in [0.1, 0.15) is 31.9 Å². The molecule has 0 bridgehead atoms. The Morgan fingerprint density at radius 1 is 1.50 bits per heavy atom. The monoisotopic (exact) mass is 250 g/mol. The van der Waals surface area contributed by atoms with Crippen LogP contribution >= 0.6 is 0 Å². The Kier molecular flexibility index (Phi) is 4.55. The minimum Gasteiger partial charge on any atom is -0.481 e. The zero-order valence-electron chi connectivity index (χ0n) is 11.3. The molecule has 0 aliphatic carbocycles. The van der Waals surface area contributed by atoms with Crippen molar-refractivity contribution in [1.82, 2.24) is 10.3 Å². The summed E-state index contributed by atoms with van der Waals surface area (Å²) >= 11 is 0. The van der Waals surface area contributed by atoms with Crippen LogP contribution in [0.3, 0.4) is 0 Å². The summed E-state index contributed by atoms with van der Waals surface area (Å²) in [5.41, 5.74) is 1.14. The van der Waals surface area contributed by atoms with E-state index < -0.39 is 0 Å². The highest BCUT2D eigenvalue weighted by molar-refractivity contribution is 5.21. The topological polar surface area (TPSA) is 43.4 Å². The van der Waals surface area contributed by atoms with Crippen LogP contribution in [-0.2, 0) is 4.74 Å². The number of rotatable bonds is 5. The number of methoxy groups -OCH3 is 1. The van der Waals surface area contributed by atoms with Gasteiger partial charge >= 0.3 is 0 Å². The van der Waals surface area contributed by atoms with Crippen LogP contribution in [0.4, 0.5) is 0 Å². The number of nitrogens with zero attached hydrogens (tertiary/aromatic N) is 1. The highest BCUT2D eigenvalue weighted by Gasteiger charge is 2.29. The van der Waals surface area contributed by atoms with E-state index in [0.717, 1.165) is 25.1 Å². The minimum absolute atomic E-state index is 0.162. The van der Waals surface area contributed by atoms with E-state index in [4.69, 9.17) is 9.47 Å². The second kappa shape index (κ2) is 6.16. The molecule has 1 aromatic heterocycles. The summed E-state index contributed by atoms with van der Waals surface area (Å²) in [6, 6.07) is 4.45. The van der Waals surface area contributed by atoms with Crippen LogP contribution in [0.5, 0.6) is 5.88 Å². The standard InChI is InChI=1S/C14H22N2O2/c1-10(2)15-8-12-6-7-18-14(12)11-4-5-13(17-3)16-9-11/h4-5,9-10,12,14-15H,6-8H2,1-3H3. The molecule has 0 amide bonds. The molecule has 0 radical (unpaired) electrons. The van der Waals surface area contributed by atoms with Crippen molar-refractivity contribution >= 4 is 0 Å². The molecule has 2 atom stereocenters. The average molecular weight is 250 g/mol. The molecule has 0 spiro atoms. The maximum atomic E-state index is 5.84. The smallest absolute Gasteiger partial charge is 0.212 e. The van der Waals surface area contributed by atoms with E-state index in [1.165, 1.54) is 0 Å². The Morgan fingerprint density at radius 3 is 2.94 bits per heavy atom. The lowest BCUT2D eigenvalue weighted by molar-refractivity contribution is 0.0897. The SMILES string of the molecule is COc1ccc(C2OCCC2CNC(C)C)cn1. The van der Waals surface area contributed by atoms with E-state index in [1.54, 1.807) is 7.11 Å². The fourth-order valence-corrected chi connectivity index (χ4v) is 2.28. The van der Waals surface area contributed by atoms with E-state index in [-0.39, 0.29) is 6.10 Å². The first-order chi connectivity index (χ1) is 8.70. The predicted molar refractivity (Wildman–Crippen MR) is 70.7 cm³/mol. The number of nitrogens with one attached hydrogen (secondary N) is 1. The summed E-state index contributed by atoms with van der Waals surface area (Å²) in [6.07, 6.45) is 3.13. The number of aromatic nitrogens is 1. The molecule has 100 valence electrons. The van der Waals surface area contributed by atoms with Gasteiger partial charge in [0.2, 0.25) is 5.88 Å². The quantitative estimate of drug-likeness (QED) is 0.869. The van der Waals surface area contributed by atoms with Crippen molar-refractivity contribution in [2.45, 2.75) is 32.4 Å². The second-order valence-electron chi connectivity index (χ2n) is 5.04. The first-order valence-corrected chi connectivity index (χ1v) is 6.55. The number of ether oxygens (including phenoxy) is 2. The maximum Gasteiger partial charge on any atom is 0.212 e. The van der Waals surface area contributed by atoms with Crippen LogP contribution in [-0.4, -0.2) is 31.3 Å². The van der Waals surface area contributed by atoms with Gasteiger partial charge in [-0.25, -0.2) is 4.98 Å². The molecule has 1 aliphatic rings. The van der Waals surface area contributed by atoms with Crippen molar-refractivity contribution in [3.8, 4) is 5.88 Å². The minimum atomic E-state index is 0.162. The van der Waals surface area contributed by atoms with Crippen molar-refractivity contribution in [2.75, 3.05) is 20.3 Å². The van der Waals surface area contributed by atoms with Crippen molar-refractivity contribution in [2.24, 2.45) is 5.92 Å². The van der Waals surface area contributed by atoms with Gasteiger partial charge in [0, 0.05) is 37.4 Å². The van der Waals surface area contributed by atoms with Gasteiger partial charge in [0.25, 0.3) is 0 Å². The second-order valence-corrected chi connectivity index (χ2v) is 5.04. The van der Waals surface area contributed by atoms with Gasteiger partial charge in [0.15, 0.2) is 0 Å². The van der Waals surface area contributed by atoms with Gasteiger partial charge in [-0.3, -0.25) is 0 Å². The summed E-state index contributed by atoms with van der Waals surface area (Å²) in [6.45, 7) is 6.16. The highest BCUT2D eigenvalue weighted by Crippen LogP contribution is 2.34. The van der Waals surface area contributed by atoms with E-state index in [0.29, 0.717) is 17.8 Å². The third kappa shape index (κ3) is 3.21. The molecule has 0 saturated carbocycles. The number of pyridine rings is 1. The maximum absolute atomic E-state index is 5.84. The molecule has 1 fully saturated rings. The van der Waals surface area contributed by atoms with Gasteiger partial charge in [-0.15, -0.1) is 0 Å². The van der Waals surface area contributed by atoms with Crippen LogP contribution in [0.2, 0.25) is 0 Å². The molecule has 1 aliphatic heterocycles. The Morgan fingerprint density at radius 2 is 2.33 bits per heavy atom.